The van der Waals surface area contributed by atoms with Crippen molar-refractivity contribution in [3.8, 4) is 0 Å². The SMILES string of the molecule is Cc1cc(C)c2c(c1)C(=N)CCCN2. The van der Waals surface area contributed by atoms with Gasteiger partial charge in [0.2, 0.25) is 0 Å². The Morgan fingerprint density at radius 3 is 2.86 bits per heavy atom. The fourth-order valence-electron chi connectivity index (χ4n) is 2.05. The summed E-state index contributed by atoms with van der Waals surface area (Å²) in [5, 5.41) is 11.4. The highest BCUT2D eigenvalue weighted by molar-refractivity contribution is 6.04. The zero-order valence-electron chi connectivity index (χ0n) is 8.78. The molecule has 2 N–H and O–H groups in total. The van der Waals surface area contributed by atoms with E-state index in [1.54, 1.807) is 0 Å². The van der Waals surface area contributed by atoms with Crippen molar-refractivity contribution in [2.45, 2.75) is 26.7 Å². The lowest BCUT2D eigenvalue weighted by atomic mass is 9.99. The van der Waals surface area contributed by atoms with E-state index in [1.807, 2.05) is 0 Å². The predicted molar refractivity (Wildman–Crippen MR) is 60.5 cm³/mol. The first-order chi connectivity index (χ1) is 6.68. The summed E-state index contributed by atoms with van der Waals surface area (Å²) >= 11 is 0. The van der Waals surface area contributed by atoms with Crippen molar-refractivity contribution >= 4 is 11.4 Å². The van der Waals surface area contributed by atoms with Crippen LogP contribution < -0.4 is 5.32 Å². The zero-order valence-corrected chi connectivity index (χ0v) is 8.78. The van der Waals surface area contributed by atoms with E-state index in [0.29, 0.717) is 0 Å². The quantitative estimate of drug-likeness (QED) is 0.645. The molecule has 0 atom stereocenters. The molecule has 1 aromatic rings. The fourth-order valence-corrected chi connectivity index (χ4v) is 2.05. The number of fused-ring (bicyclic) bond motifs is 1. The minimum Gasteiger partial charge on any atom is -0.384 e. The Morgan fingerprint density at radius 2 is 2.07 bits per heavy atom. The molecule has 1 aromatic carbocycles. The summed E-state index contributed by atoms with van der Waals surface area (Å²) in [5.74, 6) is 0. The first kappa shape index (κ1) is 9.25. The van der Waals surface area contributed by atoms with Gasteiger partial charge >= 0.3 is 0 Å². The summed E-state index contributed by atoms with van der Waals surface area (Å²) in [7, 11) is 0. The number of hydrogen-bond donors (Lipinski definition) is 2. The Morgan fingerprint density at radius 1 is 1.29 bits per heavy atom. The standard InChI is InChI=1S/C12H16N2/c1-8-6-9(2)12-10(7-8)11(13)4-3-5-14-12/h6-7,13-14H,3-5H2,1-2H3. The molecule has 0 saturated heterocycles. The summed E-state index contributed by atoms with van der Waals surface area (Å²) in [4.78, 5) is 0. The van der Waals surface area contributed by atoms with E-state index in [9.17, 15) is 0 Å². The van der Waals surface area contributed by atoms with Gasteiger partial charge in [0.05, 0.1) is 0 Å². The summed E-state index contributed by atoms with van der Waals surface area (Å²) in [5.41, 5.74) is 5.54. The Bertz CT molecular complexity index is 380. The van der Waals surface area contributed by atoms with Crippen molar-refractivity contribution in [2.75, 3.05) is 11.9 Å². The largest absolute Gasteiger partial charge is 0.384 e. The van der Waals surface area contributed by atoms with E-state index in [-0.39, 0.29) is 0 Å². The van der Waals surface area contributed by atoms with Crippen LogP contribution in [0.3, 0.4) is 0 Å². The molecule has 0 unspecified atom stereocenters. The van der Waals surface area contributed by atoms with E-state index in [2.05, 4.69) is 31.3 Å². The third-order valence-electron chi connectivity index (χ3n) is 2.71. The maximum absolute atomic E-state index is 7.96. The maximum atomic E-state index is 7.96. The molecular formula is C12H16N2. The lowest BCUT2D eigenvalue weighted by Gasteiger charge is -2.12. The van der Waals surface area contributed by atoms with Gasteiger partial charge in [-0.15, -0.1) is 0 Å². The molecule has 0 radical (unpaired) electrons. The van der Waals surface area contributed by atoms with Crippen molar-refractivity contribution in [1.29, 1.82) is 5.41 Å². The van der Waals surface area contributed by atoms with Crippen molar-refractivity contribution in [3.05, 3.63) is 28.8 Å². The van der Waals surface area contributed by atoms with Gasteiger partial charge in [0.15, 0.2) is 0 Å². The van der Waals surface area contributed by atoms with Gasteiger partial charge in [0.1, 0.15) is 0 Å². The minimum absolute atomic E-state index is 0.775. The molecule has 0 bridgehead atoms. The van der Waals surface area contributed by atoms with Gasteiger partial charge in [-0.2, -0.15) is 0 Å². The third kappa shape index (κ3) is 1.52. The van der Waals surface area contributed by atoms with E-state index < -0.39 is 0 Å². The normalized spacial score (nSPS) is 15.7. The van der Waals surface area contributed by atoms with E-state index in [4.69, 9.17) is 5.41 Å². The number of nitrogens with one attached hydrogen (secondary N) is 2. The molecule has 0 fully saturated rings. The summed E-state index contributed by atoms with van der Waals surface area (Å²) in [6, 6.07) is 4.29. The second-order valence-electron chi connectivity index (χ2n) is 4.01. The lowest BCUT2D eigenvalue weighted by Crippen LogP contribution is -2.03. The molecule has 74 valence electrons. The second-order valence-corrected chi connectivity index (χ2v) is 4.01. The minimum atomic E-state index is 0.775. The molecule has 0 saturated carbocycles. The highest BCUT2D eigenvalue weighted by Crippen LogP contribution is 2.26. The van der Waals surface area contributed by atoms with Gasteiger partial charge in [-0.05, 0) is 38.3 Å². The maximum Gasteiger partial charge on any atom is 0.0461 e. The Hall–Kier alpha value is -1.31. The van der Waals surface area contributed by atoms with Gasteiger partial charge < -0.3 is 10.7 Å². The molecular weight excluding hydrogens is 172 g/mol. The highest BCUT2D eigenvalue weighted by atomic mass is 14.9. The Kier molecular flexibility index (Phi) is 2.28. The van der Waals surface area contributed by atoms with Crippen LogP contribution in [-0.4, -0.2) is 12.3 Å². The zero-order chi connectivity index (χ0) is 10.1. The van der Waals surface area contributed by atoms with Crippen LogP contribution >= 0.6 is 0 Å². The Labute approximate surface area is 84.9 Å². The molecule has 0 amide bonds. The fraction of sp³-hybridized carbons (Fsp3) is 0.417. The number of benzene rings is 1. The number of rotatable bonds is 0. The number of aryl methyl sites for hydroxylation is 2. The molecule has 0 aliphatic carbocycles. The topological polar surface area (TPSA) is 35.9 Å². The predicted octanol–water partition coefficient (Wildman–Crippen LogP) is 2.88. The van der Waals surface area contributed by atoms with E-state index in [0.717, 1.165) is 36.3 Å². The second kappa shape index (κ2) is 3.45. The molecule has 2 rings (SSSR count). The molecule has 2 heteroatoms. The van der Waals surface area contributed by atoms with Crippen LogP contribution in [0.25, 0.3) is 0 Å². The molecule has 14 heavy (non-hydrogen) atoms. The number of anilines is 1. The van der Waals surface area contributed by atoms with Gasteiger partial charge in [-0.3, -0.25) is 0 Å². The van der Waals surface area contributed by atoms with Crippen molar-refractivity contribution in [1.82, 2.24) is 0 Å². The molecule has 0 spiro atoms. The van der Waals surface area contributed by atoms with Gasteiger partial charge in [0.25, 0.3) is 0 Å². The smallest absolute Gasteiger partial charge is 0.0461 e. The summed E-state index contributed by atoms with van der Waals surface area (Å²) < 4.78 is 0. The summed E-state index contributed by atoms with van der Waals surface area (Å²) in [6.45, 7) is 5.18. The third-order valence-corrected chi connectivity index (χ3v) is 2.71. The lowest BCUT2D eigenvalue weighted by molar-refractivity contribution is 0.924. The van der Waals surface area contributed by atoms with Gasteiger partial charge in [-0.25, -0.2) is 0 Å². The van der Waals surface area contributed by atoms with Crippen LogP contribution in [0.1, 0.15) is 29.5 Å². The molecule has 1 aliphatic rings. The number of hydrogen-bond acceptors (Lipinski definition) is 2. The first-order valence-corrected chi connectivity index (χ1v) is 5.11. The molecule has 1 heterocycles. The first-order valence-electron chi connectivity index (χ1n) is 5.11. The van der Waals surface area contributed by atoms with Gasteiger partial charge in [0, 0.05) is 23.5 Å². The van der Waals surface area contributed by atoms with Crippen LogP contribution in [0.15, 0.2) is 12.1 Å². The van der Waals surface area contributed by atoms with Crippen LogP contribution in [0, 0.1) is 19.3 Å². The van der Waals surface area contributed by atoms with E-state index >= 15 is 0 Å². The molecule has 2 nitrogen and oxygen atoms in total. The Balaban J connectivity index is 2.58. The average Bonchev–Trinajstić information content (AvgIpc) is 2.29. The van der Waals surface area contributed by atoms with Crippen LogP contribution in [0.5, 0.6) is 0 Å². The average molecular weight is 188 g/mol. The van der Waals surface area contributed by atoms with Crippen LogP contribution in [0.4, 0.5) is 5.69 Å². The van der Waals surface area contributed by atoms with Crippen molar-refractivity contribution < 1.29 is 0 Å². The van der Waals surface area contributed by atoms with Crippen LogP contribution in [0.2, 0.25) is 0 Å². The molecule has 1 aliphatic heterocycles. The highest BCUT2D eigenvalue weighted by Gasteiger charge is 2.14. The molecule has 0 aromatic heterocycles. The summed E-state index contributed by atoms with van der Waals surface area (Å²) in [6.07, 6.45) is 1.95. The van der Waals surface area contributed by atoms with Crippen molar-refractivity contribution in [3.63, 3.8) is 0 Å². The monoisotopic (exact) mass is 188 g/mol. The van der Waals surface area contributed by atoms with Crippen LogP contribution in [-0.2, 0) is 0 Å². The van der Waals surface area contributed by atoms with Gasteiger partial charge in [-0.1, -0.05) is 11.6 Å². The van der Waals surface area contributed by atoms with E-state index in [1.165, 1.54) is 11.1 Å². The van der Waals surface area contributed by atoms with Crippen molar-refractivity contribution in [2.24, 2.45) is 0 Å².